The number of thioether (sulfide) groups is 1. The zero-order valence-corrected chi connectivity index (χ0v) is 16.3. The minimum absolute atomic E-state index is 0.0619. The van der Waals surface area contributed by atoms with Crippen molar-refractivity contribution in [1.29, 1.82) is 0 Å². The minimum Gasteiger partial charge on any atom is -0.338 e. The number of nitrogens with zero attached hydrogens (tertiary/aromatic N) is 3. The van der Waals surface area contributed by atoms with Crippen LogP contribution in [0.15, 0.2) is 58.9 Å². The fourth-order valence-corrected chi connectivity index (χ4v) is 4.54. The van der Waals surface area contributed by atoms with Gasteiger partial charge in [0, 0.05) is 31.6 Å². The Morgan fingerprint density at radius 2 is 1.74 bits per heavy atom. The van der Waals surface area contributed by atoms with E-state index < -0.39 is 0 Å². The van der Waals surface area contributed by atoms with Crippen molar-refractivity contribution in [2.24, 2.45) is 0 Å². The lowest BCUT2D eigenvalue weighted by atomic mass is 10.2. The lowest BCUT2D eigenvalue weighted by molar-refractivity contribution is -0.129. The molecule has 1 fully saturated rings. The molecular weight excluding hydrogens is 378 g/mol. The van der Waals surface area contributed by atoms with Gasteiger partial charge in [-0.15, -0.1) is 11.3 Å². The summed E-state index contributed by atoms with van der Waals surface area (Å²) in [5.74, 6) is 0.523. The largest absolute Gasteiger partial charge is 0.338 e. The maximum Gasteiger partial charge on any atom is 0.264 e. The summed E-state index contributed by atoms with van der Waals surface area (Å²) in [6.07, 6.45) is 0. The van der Waals surface area contributed by atoms with E-state index >= 15 is 0 Å². The molecule has 4 rings (SSSR count). The molecule has 1 aromatic carbocycles. The Kier molecular flexibility index (Phi) is 5.40. The Hall–Kier alpha value is -2.38. The number of amides is 2. The number of benzene rings is 1. The van der Waals surface area contributed by atoms with E-state index in [0.717, 1.165) is 20.8 Å². The van der Waals surface area contributed by atoms with Crippen LogP contribution in [0.4, 0.5) is 0 Å². The van der Waals surface area contributed by atoms with Crippen LogP contribution in [0, 0.1) is 0 Å². The number of thiophene rings is 1. The molecule has 0 atom stereocenters. The molecule has 2 amide bonds. The van der Waals surface area contributed by atoms with Crippen molar-refractivity contribution in [3.63, 3.8) is 0 Å². The second-order valence-electron chi connectivity index (χ2n) is 6.28. The average Bonchev–Trinajstić information content (AvgIpc) is 3.26. The molecule has 3 aromatic rings. The summed E-state index contributed by atoms with van der Waals surface area (Å²) in [4.78, 5) is 33.9. The SMILES string of the molecule is O=C(CSc1ccc2ccccc2n1)N1CCN(C(=O)c2cccs2)CC1. The van der Waals surface area contributed by atoms with Crippen molar-refractivity contribution >= 4 is 45.8 Å². The van der Waals surface area contributed by atoms with Crippen molar-refractivity contribution in [3.05, 3.63) is 58.8 Å². The Morgan fingerprint density at radius 1 is 0.963 bits per heavy atom. The molecule has 1 aliphatic rings. The lowest BCUT2D eigenvalue weighted by Gasteiger charge is -2.34. The Labute approximate surface area is 166 Å². The van der Waals surface area contributed by atoms with Gasteiger partial charge in [-0.1, -0.05) is 42.1 Å². The van der Waals surface area contributed by atoms with Crippen LogP contribution in [-0.2, 0) is 4.79 Å². The number of carbonyl (C=O) groups is 2. The van der Waals surface area contributed by atoms with Crippen LogP contribution in [0.5, 0.6) is 0 Å². The van der Waals surface area contributed by atoms with Crippen LogP contribution < -0.4 is 0 Å². The Bertz CT molecular complexity index is 951. The molecule has 2 aromatic heterocycles. The summed E-state index contributed by atoms with van der Waals surface area (Å²) >= 11 is 2.92. The molecular formula is C20H19N3O2S2. The van der Waals surface area contributed by atoms with E-state index in [-0.39, 0.29) is 11.8 Å². The summed E-state index contributed by atoms with van der Waals surface area (Å²) in [6, 6.07) is 15.7. The number of piperazine rings is 1. The molecule has 138 valence electrons. The topological polar surface area (TPSA) is 53.5 Å². The van der Waals surface area contributed by atoms with Gasteiger partial charge in [-0.2, -0.15) is 0 Å². The summed E-state index contributed by atoms with van der Waals surface area (Å²) in [5.41, 5.74) is 0.940. The number of aromatic nitrogens is 1. The molecule has 0 bridgehead atoms. The van der Waals surface area contributed by atoms with Crippen molar-refractivity contribution in [2.75, 3.05) is 31.9 Å². The van der Waals surface area contributed by atoms with Gasteiger partial charge in [-0.05, 0) is 23.6 Å². The molecule has 0 N–H and O–H groups in total. The molecule has 7 heteroatoms. The Morgan fingerprint density at radius 3 is 2.52 bits per heavy atom. The van der Waals surface area contributed by atoms with Gasteiger partial charge in [0.25, 0.3) is 5.91 Å². The molecule has 1 saturated heterocycles. The first-order valence-electron chi connectivity index (χ1n) is 8.80. The van der Waals surface area contributed by atoms with Crippen LogP contribution >= 0.6 is 23.1 Å². The number of rotatable bonds is 4. The molecule has 1 aliphatic heterocycles. The van der Waals surface area contributed by atoms with Gasteiger partial charge in [0.2, 0.25) is 5.91 Å². The number of para-hydroxylation sites is 1. The second kappa shape index (κ2) is 8.10. The highest BCUT2D eigenvalue weighted by Gasteiger charge is 2.25. The lowest BCUT2D eigenvalue weighted by Crippen LogP contribution is -2.51. The smallest absolute Gasteiger partial charge is 0.264 e. The maximum atomic E-state index is 12.5. The van der Waals surface area contributed by atoms with E-state index in [2.05, 4.69) is 4.98 Å². The summed E-state index contributed by atoms with van der Waals surface area (Å²) < 4.78 is 0. The molecule has 0 spiro atoms. The third-order valence-corrected chi connectivity index (χ3v) is 6.34. The minimum atomic E-state index is 0.0619. The van der Waals surface area contributed by atoms with Gasteiger partial charge in [0.05, 0.1) is 21.2 Å². The third-order valence-electron chi connectivity index (χ3n) is 4.57. The van der Waals surface area contributed by atoms with Gasteiger partial charge < -0.3 is 9.80 Å². The predicted molar refractivity (Wildman–Crippen MR) is 109 cm³/mol. The standard InChI is InChI=1S/C20H19N3O2S2/c24-19(14-27-18-8-7-15-4-1-2-5-16(15)21-18)22-9-11-23(12-10-22)20(25)17-6-3-13-26-17/h1-8,13H,9-12,14H2. The molecule has 3 heterocycles. The highest BCUT2D eigenvalue weighted by Crippen LogP contribution is 2.21. The summed E-state index contributed by atoms with van der Waals surface area (Å²) in [7, 11) is 0. The van der Waals surface area contributed by atoms with Gasteiger partial charge in [0.1, 0.15) is 0 Å². The first kappa shape index (κ1) is 18.0. The van der Waals surface area contributed by atoms with E-state index in [4.69, 9.17) is 0 Å². The van der Waals surface area contributed by atoms with Gasteiger partial charge in [-0.3, -0.25) is 9.59 Å². The van der Waals surface area contributed by atoms with Crippen LogP contribution in [0.3, 0.4) is 0 Å². The number of hydrogen-bond acceptors (Lipinski definition) is 5. The fraction of sp³-hybridized carbons (Fsp3) is 0.250. The first-order chi connectivity index (χ1) is 13.2. The quantitative estimate of drug-likeness (QED) is 0.634. The van der Waals surface area contributed by atoms with Crippen LogP contribution in [-0.4, -0.2) is 58.5 Å². The van der Waals surface area contributed by atoms with Crippen molar-refractivity contribution < 1.29 is 9.59 Å². The van der Waals surface area contributed by atoms with Crippen molar-refractivity contribution in [1.82, 2.24) is 14.8 Å². The van der Waals surface area contributed by atoms with Crippen LogP contribution in [0.1, 0.15) is 9.67 Å². The zero-order valence-electron chi connectivity index (χ0n) is 14.7. The van der Waals surface area contributed by atoms with E-state index in [0.29, 0.717) is 31.9 Å². The summed E-state index contributed by atoms with van der Waals surface area (Å²) in [6.45, 7) is 2.34. The Balaban J connectivity index is 1.29. The van der Waals surface area contributed by atoms with E-state index in [1.54, 1.807) is 0 Å². The summed E-state index contributed by atoms with van der Waals surface area (Å²) in [5, 5.41) is 3.86. The third kappa shape index (κ3) is 4.14. The fourth-order valence-electron chi connectivity index (χ4n) is 3.07. The highest BCUT2D eigenvalue weighted by atomic mass is 32.2. The molecule has 27 heavy (non-hydrogen) atoms. The van der Waals surface area contributed by atoms with Crippen LogP contribution in [0.2, 0.25) is 0 Å². The predicted octanol–water partition coefficient (Wildman–Crippen LogP) is 3.37. The van der Waals surface area contributed by atoms with Crippen molar-refractivity contribution in [2.45, 2.75) is 5.03 Å². The monoisotopic (exact) mass is 397 g/mol. The number of fused-ring (bicyclic) bond motifs is 1. The number of carbonyl (C=O) groups excluding carboxylic acids is 2. The number of pyridine rings is 1. The van der Waals surface area contributed by atoms with Crippen molar-refractivity contribution in [3.8, 4) is 0 Å². The number of hydrogen-bond donors (Lipinski definition) is 0. The molecule has 0 radical (unpaired) electrons. The molecule has 0 unspecified atom stereocenters. The first-order valence-corrected chi connectivity index (χ1v) is 10.7. The second-order valence-corrected chi connectivity index (χ2v) is 8.22. The van der Waals surface area contributed by atoms with Gasteiger partial charge in [0.15, 0.2) is 0 Å². The van der Waals surface area contributed by atoms with E-state index in [9.17, 15) is 9.59 Å². The molecule has 0 saturated carbocycles. The average molecular weight is 398 g/mol. The zero-order chi connectivity index (χ0) is 18.6. The van der Waals surface area contributed by atoms with Gasteiger partial charge in [-0.25, -0.2) is 4.98 Å². The highest BCUT2D eigenvalue weighted by molar-refractivity contribution is 7.99. The van der Waals surface area contributed by atoms with E-state index in [1.807, 2.05) is 63.7 Å². The molecule has 0 aliphatic carbocycles. The molecule has 5 nitrogen and oxygen atoms in total. The van der Waals surface area contributed by atoms with E-state index in [1.165, 1.54) is 23.1 Å². The van der Waals surface area contributed by atoms with Gasteiger partial charge >= 0.3 is 0 Å². The maximum absolute atomic E-state index is 12.5. The normalized spacial score (nSPS) is 14.5. The van der Waals surface area contributed by atoms with Crippen LogP contribution in [0.25, 0.3) is 10.9 Å².